The van der Waals surface area contributed by atoms with E-state index in [0.29, 0.717) is 31.6 Å². The molecule has 1 aliphatic rings. The predicted molar refractivity (Wildman–Crippen MR) is 126 cm³/mol. The Bertz CT molecular complexity index is 1020. The zero-order valence-electron chi connectivity index (χ0n) is 19.7. The van der Waals surface area contributed by atoms with Crippen molar-refractivity contribution in [1.29, 1.82) is 0 Å². The average molecular weight is 466 g/mol. The number of nitrogens with zero attached hydrogens (tertiary/aromatic N) is 1. The maximum absolute atomic E-state index is 13.2. The van der Waals surface area contributed by atoms with Crippen LogP contribution < -0.4 is 4.74 Å². The largest absolute Gasteiger partial charge is 0.486 e. The summed E-state index contributed by atoms with van der Waals surface area (Å²) < 4.78 is 11.5. The van der Waals surface area contributed by atoms with E-state index in [0.717, 1.165) is 24.0 Å². The summed E-state index contributed by atoms with van der Waals surface area (Å²) in [4.78, 5) is 49.9. The van der Waals surface area contributed by atoms with Crippen LogP contribution >= 0.6 is 0 Å². The maximum atomic E-state index is 13.2. The minimum atomic E-state index is -0.776. The smallest absolute Gasteiger partial charge is 0.329 e. The standard InChI is InChI=1S/C27H31NO6/c1-19(29)18-33-23-12-8-11-22(17-23)25(15-14-21-9-4-3-5-10-21)34-27(32)24-13-6-7-16-28(24)26(31)20(2)30/h3-5,8-12,17,24-25H,6-7,13-16,18H2,1-2H3. The van der Waals surface area contributed by atoms with Crippen LogP contribution in [-0.4, -0.2) is 47.5 Å². The zero-order valence-corrected chi connectivity index (χ0v) is 19.7. The summed E-state index contributed by atoms with van der Waals surface area (Å²) in [6.07, 6.45) is 2.62. The monoisotopic (exact) mass is 465 g/mol. The molecule has 1 saturated heterocycles. The number of ketones is 2. The van der Waals surface area contributed by atoms with Gasteiger partial charge in [0.2, 0.25) is 5.78 Å². The Hall–Kier alpha value is -3.48. The van der Waals surface area contributed by atoms with Crippen LogP contribution in [0.5, 0.6) is 5.75 Å². The first-order valence-corrected chi connectivity index (χ1v) is 11.6. The summed E-state index contributed by atoms with van der Waals surface area (Å²) in [6, 6.07) is 16.3. The molecule has 3 rings (SSSR count). The first kappa shape index (κ1) is 25.1. The molecule has 0 radical (unpaired) electrons. The maximum Gasteiger partial charge on any atom is 0.329 e. The summed E-state index contributed by atoms with van der Waals surface area (Å²) in [7, 11) is 0. The molecule has 0 aromatic heterocycles. The van der Waals surface area contributed by atoms with Gasteiger partial charge in [0, 0.05) is 13.5 Å². The van der Waals surface area contributed by atoms with Gasteiger partial charge in [-0.1, -0.05) is 42.5 Å². The number of amides is 1. The Morgan fingerprint density at radius 3 is 2.47 bits per heavy atom. The van der Waals surface area contributed by atoms with Crippen molar-refractivity contribution in [3.05, 3.63) is 65.7 Å². The molecule has 0 N–H and O–H groups in total. The molecular weight excluding hydrogens is 434 g/mol. The van der Waals surface area contributed by atoms with E-state index in [1.54, 1.807) is 18.2 Å². The van der Waals surface area contributed by atoms with Gasteiger partial charge < -0.3 is 14.4 Å². The van der Waals surface area contributed by atoms with Gasteiger partial charge in [-0.3, -0.25) is 14.4 Å². The third-order valence-electron chi connectivity index (χ3n) is 5.81. The van der Waals surface area contributed by atoms with Crippen molar-refractivity contribution in [3.8, 4) is 5.75 Å². The van der Waals surface area contributed by atoms with Crippen molar-refractivity contribution >= 4 is 23.4 Å². The molecule has 7 nitrogen and oxygen atoms in total. The molecule has 1 fully saturated rings. The topological polar surface area (TPSA) is 90.0 Å². The molecule has 0 saturated carbocycles. The Kier molecular flexibility index (Phi) is 8.96. The SMILES string of the molecule is CC(=O)COc1cccc(C(CCc2ccccc2)OC(=O)C2CCCCN2C(=O)C(C)=O)c1. The molecule has 2 aromatic carbocycles. The van der Waals surface area contributed by atoms with Crippen LogP contribution in [0.4, 0.5) is 0 Å². The third kappa shape index (κ3) is 7.01. The van der Waals surface area contributed by atoms with Crippen molar-refractivity contribution in [2.24, 2.45) is 0 Å². The normalized spacial score (nSPS) is 16.4. The van der Waals surface area contributed by atoms with Gasteiger partial charge in [0.25, 0.3) is 5.91 Å². The molecule has 1 heterocycles. The molecule has 1 amide bonds. The molecule has 2 unspecified atom stereocenters. The Morgan fingerprint density at radius 2 is 1.76 bits per heavy atom. The number of carbonyl (C=O) groups excluding carboxylic acids is 4. The quantitative estimate of drug-likeness (QED) is 0.391. The van der Waals surface area contributed by atoms with Crippen molar-refractivity contribution in [3.63, 3.8) is 0 Å². The number of benzene rings is 2. The molecule has 2 atom stereocenters. The van der Waals surface area contributed by atoms with Crippen molar-refractivity contribution in [2.45, 2.75) is 58.1 Å². The summed E-state index contributed by atoms with van der Waals surface area (Å²) in [5, 5.41) is 0. The summed E-state index contributed by atoms with van der Waals surface area (Å²) in [6.45, 7) is 2.99. The lowest BCUT2D eigenvalue weighted by atomic mass is 9.99. The van der Waals surface area contributed by atoms with Crippen LogP contribution in [0, 0.1) is 0 Å². The average Bonchev–Trinajstić information content (AvgIpc) is 2.85. The van der Waals surface area contributed by atoms with Gasteiger partial charge in [0.05, 0.1) is 0 Å². The second kappa shape index (κ2) is 12.1. The van der Waals surface area contributed by atoms with E-state index in [-0.39, 0.29) is 12.4 Å². The number of esters is 1. The number of ether oxygens (including phenoxy) is 2. The van der Waals surface area contributed by atoms with E-state index in [1.165, 1.54) is 18.7 Å². The minimum absolute atomic E-state index is 0.0396. The predicted octanol–water partition coefficient (Wildman–Crippen LogP) is 3.84. The summed E-state index contributed by atoms with van der Waals surface area (Å²) >= 11 is 0. The fourth-order valence-electron chi connectivity index (χ4n) is 4.07. The highest BCUT2D eigenvalue weighted by molar-refractivity contribution is 6.35. The molecule has 1 aliphatic heterocycles. The molecular formula is C27H31NO6. The number of piperidine rings is 1. The van der Waals surface area contributed by atoms with Crippen LogP contribution in [0.2, 0.25) is 0 Å². The second-order valence-electron chi connectivity index (χ2n) is 8.58. The van der Waals surface area contributed by atoms with Gasteiger partial charge in [0.1, 0.15) is 24.5 Å². The lowest BCUT2D eigenvalue weighted by Gasteiger charge is -2.34. The zero-order chi connectivity index (χ0) is 24.5. The van der Waals surface area contributed by atoms with Crippen molar-refractivity contribution in [2.75, 3.05) is 13.2 Å². The summed E-state index contributed by atoms with van der Waals surface area (Å²) in [5.41, 5.74) is 1.85. The molecule has 0 aliphatic carbocycles. The van der Waals surface area contributed by atoms with Gasteiger partial charge in [-0.15, -0.1) is 0 Å². The molecule has 2 aromatic rings. The fraction of sp³-hybridized carbons (Fsp3) is 0.407. The molecule has 0 bridgehead atoms. The van der Waals surface area contributed by atoms with Gasteiger partial charge in [-0.2, -0.15) is 0 Å². The van der Waals surface area contributed by atoms with Crippen LogP contribution in [0.25, 0.3) is 0 Å². The van der Waals surface area contributed by atoms with Crippen LogP contribution in [-0.2, 0) is 30.3 Å². The first-order valence-electron chi connectivity index (χ1n) is 11.6. The highest BCUT2D eigenvalue weighted by atomic mass is 16.5. The number of hydrogen-bond donors (Lipinski definition) is 0. The highest BCUT2D eigenvalue weighted by Gasteiger charge is 2.36. The Labute approximate surface area is 200 Å². The summed E-state index contributed by atoms with van der Waals surface area (Å²) in [5.74, 6) is -1.33. The van der Waals surface area contributed by atoms with Crippen LogP contribution in [0.1, 0.15) is 56.8 Å². The van der Waals surface area contributed by atoms with E-state index in [4.69, 9.17) is 9.47 Å². The Balaban J connectivity index is 1.80. The number of likely N-dealkylation sites (tertiary alicyclic amines) is 1. The van der Waals surface area contributed by atoms with Gasteiger partial charge in [0.15, 0.2) is 5.78 Å². The lowest BCUT2D eigenvalue weighted by Crippen LogP contribution is -2.50. The first-order chi connectivity index (χ1) is 16.3. The number of carbonyl (C=O) groups is 4. The molecule has 34 heavy (non-hydrogen) atoms. The van der Waals surface area contributed by atoms with E-state index >= 15 is 0 Å². The van der Waals surface area contributed by atoms with E-state index in [9.17, 15) is 19.2 Å². The van der Waals surface area contributed by atoms with Crippen molar-refractivity contribution in [1.82, 2.24) is 4.90 Å². The third-order valence-corrected chi connectivity index (χ3v) is 5.81. The fourth-order valence-corrected chi connectivity index (χ4v) is 4.07. The van der Waals surface area contributed by atoms with Gasteiger partial charge >= 0.3 is 5.97 Å². The number of rotatable bonds is 10. The van der Waals surface area contributed by atoms with E-state index in [2.05, 4.69) is 0 Å². The number of hydrogen-bond acceptors (Lipinski definition) is 6. The second-order valence-corrected chi connectivity index (χ2v) is 8.58. The van der Waals surface area contributed by atoms with E-state index < -0.39 is 29.8 Å². The Morgan fingerprint density at radius 1 is 1.00 bits per heavy atom. The van der Waals surface area contributed by atoms with Crippen molar-refractivity contribution < 1.29 is 28.7 Å². The number of Topliss-reactive ketones (excluding diaryl/α,β-unsaturated/α-hetero) is 2. The van der Waals surface area contributed by atoms with Gasteiger partial charge in [-0.25, -0.2) is 4.79 Å². The molecule has 7 heteroatoms. The lowest BCUT2D eigenvalue weighted by molar-refractivity contribution is -0.163. The molecule has 180 valence electrons. The minimum Gasteiger partial charge on any atom is -0.486 e. The van der Waals surface area contributed by atoms with Crippen LogP contribution in [0.15, 0.2) is 54.6 Å². The van der Waals surface area contributed by atoms with Gasteiger partial charge in [-0.05, 0) is 62.3 Å². The highest BCUT2D eigenvalue weighted by Crippen LogP contribution is 2.29. The van der Waals surface area contributed by atoms with Crippen LogP contribution in [0.3, 0.4) is 0 Å². The number of aryl methyl sites for hydroxylation is 1. The molecule has 0 spiro atoms. The van der Waals surface area contributed by atoms with E-state index in [1.807, 2.05) is 36.4 Å².